The van der Waals surface area contributed by atoms with Crippen molar-refractivity contribution in [2.45, 2.75) is 32.7 Å². The van der Waals surface area contributed by atoms with E-state index in [0.29, 0.717) is 6.54 Å². The summed E-state index contributed by atoms with van der Waals surface area (Å²) in [6, 6.07) is -0.924. The molecule has 0 bridgehead atoms. The molecule has 0 heterocycles. The molecule has 6 nitrogen and oxygen atoms in total. The number of nitrogens with one attached hydrogen (secondary N) is 2. The van der Waals surface area contributed by atoms with E-state index in [9.17, 15) is 14.4 Å². The lowest BCUT2D eigenvalue weighted by Gasteiger charge is -2.08. The van der Waals surface area contributed by atoms with Crippen molar-refractivity contribution < 1.29 is 19.5 Å². The minimum Gasteiger partial charge on any atom is -0.480 e. The van der Waals surface area contributed by atoms with Gasteiger partial charge in [0, 0.05) is 19.4 Å². The smallest absolute Gasteiger partial charge is 0.325 e. The number of rotatable bonds is 6. The quantitative estimate of drug-likeness (QED) is 0.557. The Morgan fingerprint density at radius 1 is 1.20 bits per heavy atom. The molecule has 3 N–H and O–H groups in total. The second kappa shape index (κ2) is 6.80. The van der Waals surface area contributed by atoms with Gasteiger partial charge in [-0.3, -0.25) is 14.4 Å². The number of amides is 2. The Morgan fingerprint density at radius 2 is 1.73 bits per heavy atom. The van der Waals surface area contributed by atoms with E-state index in [-0.39, 0.29) is 18.7 Å². The molecule has 2 amide bonds. The van der Waals surface area contributed by atoms with Gasteiger partial charge in [-0.05, 0) is 13.8 Å². The number of carbonyl (C=O) groups excluding carboxylic acids is 2. The normalized spacial score (nSPS) is 11.6. The van der Waals surface area contributed by atoms with E-state index in [1.165, 1.54) is 6.92 Å². The SMILES string of the molecule is CCNC(=O)CCC(=O)NC(C)C(=O)O. The van der Waals surface area contributed by atoms with E-state index < -0.39 is 17.9 Å². The molecule has 0 aromatic heterocycles. The lowest BCUT2D eigenvalue weighted by Crippen LogP contribution is -2.38. The van der Waals surface area contributed by atoms with Crippen LogP contribution >= 0.6 is 0 Å². The van der Waals surface area contributed by atoms with Crippen LogP contribution in [0, 0.1) is 0 Å². The molecule has 86 valence electrons. The van der Waals surface area contributed by atoms with Crippen molar-refractivity contribution in [2.24, 2.45) is 0 Å². The Bertz CT molecular complexity index is 252. The highest BCUT2D eigenvalue weighted by Gasteiger charge is 2.14. The van der Waals surface area contributed by atoms with Crippen LogP contribution in [0.4, 0.5) is 0 Å². The van der Waals surface area contributed by atoms with E-state index in [0.717, 1.165) is 0 Å². The first-order chi connectivity index (χ1) is 6.97. The molecule has 0 aromatic carbocycles. The van der Waals surface area contributed by atoms with Gasteiger partial charge in [-0.1, -0.05) is 0 Å². The summed E-state index contributed by atoms with van der Waals surface area (Å²) in [5.41, 5.74) is 0. The zero-order chi connectivity index (χ0) is 11.8. The van der Waals surface area contributed by atoms with Crippen molar-refractivity contribution in [2.75, 3.05) is 6.54 Å². The highest BCUT2D eigenvalue weighted by atomic mass is 16.4. The zero-order valence-corrected chi connectivity index (χ0v) is 8.87. The van der Waals surface area contributed by atoms with Gasteiger partial charge < -0.3 is 15.7 Å². The molecule has 0 saturated carbocycles. The van der Waals surface area contributed by atoms with Gasteiger partial charge in [0.2, 0.25) is 11.8 Å². The molecule has 0 radical (unpaired) electrons. The number of aliphatic carboxylic acids is 1. The molecule has 0 rings (SSSR count). The van der Waals surface area contributed by atoms with Gasteiger partial charge in [0.15, 0.2) is 0 Å². The van der Waals surface area contributed by atoms with E-state index in [4.69, 9.17) is 5.11 Å². The first-order valence-corrected chi connectivity index (χ1v) is 4.76. The molecular weight excluding hydrogens is 200 g/mol. The van der Waals surface area contributed by atoms with Gasteiger partial charge in [0.1, 0.15) is 6.04 Å². The molecule has 0 aliphatic carbocycles. The summed E-state index contributed by atoms with van der Waals surface area (Å²) in [5.74, 6) is -1.74. The van der Waals surface area contributed by atoms with Crippen LogP contribution in [-0.2, 0) is 14.4 Å². The van der Waals surface area contributed by atoms with E-state index in [1.54, 1.807) is 6.92 Å². The molecule has 0 spiro atoms. The Balaban J connectivity index is 3.75. The van der Waals surface area contributed by atoms with Gasteiger partial charge in [-0.15, -0.1) is 0 Å². The Kier molecular flexibility index (Phi) is 6.08. The first kappa shape index (κ1) is 13.4. The molecule has 1 atom stereocenters. The molecule has 0 fully saturated rings. The second-order valence-corrected chi connectivity index (χ2v) is 3.08. The number of carboxylic acid groups (broad SMARTS) is 1. The van der Waals surface area contributed by atoms with Gasteiger partial charge in [0.25, 0.3) is 0 Å². The fraction of sp³-hybridized carbons (Fsp3) is 0.667. The van der Waals surface area contributed by atoms with E-state index in [2.05, 4.69) is 10.6 Å². The van der Waals surface area contributed by atoms with E-state index >= 15 is 0 Å². The van der Waals surface area contributed by atoms with Crippen LogP contribution in [0.2, 0.25) is 0 Å². The van der Waals surface area contributed by atoms with Crippen molar-refractivity contribution >= 4 is 17.8 Å². The predicted molar refractivity (Wildman–Crippen MR) is 53.2 cm³/mol. The summed E-state index contributed by atoms with van der Waals surface area (Å²) in [6.07, 6.45) is 0.0788. The molecule has 0 saturated heterocycles. The Hall–Kier alpha value is -1.59. The minimum atomic E-state index is -1.10. The van der Waals surface area contributed by atoms with Crippen molar-refractivity contribution in [1.82, 2.24) is 10.6 Å². The fourth-order valence-electron chi connectivity index (χ4n) is 0.888. The standard InChI is InChI=1S/C9H16N2O4/c1-3-10-7(12)4-5-8(13)11-6(2)9(14)15/h6H,3-5H2,1-2H3,(H,10,12)(H,11,13)(H,14,15). The average molecular weight is 216 g/mol. The van der Waals surface area contributed by atoms with Gasteiger partial charge in [0.05, 0.1) is 0 Å². The molecule has 1 unspecified atom stereocenters. The third-order valence-electron chi connectivity index (χ3n) is 1.70. The zero-order valence-electron chi connectivity index (χ0n) is 8.87. The summed E-state index contributed by atoms with van der Waals surface area (Å²) in [7, 11) is 0. The van der Waals surface area contributed by atoms with Crippen molar-refractivity contribution in [3.8, 4) is 0 Å². The maximum absolute atomic E-state index is 11.1. The van der Waals surface area contributed by atoms with Crippen molar-refractivity contribution in [3.63, 3.8) is 0 Å². The van der Waals surface area contributed by atoms with E-state index in [1.807, 2.05) is 0 Å². The average Bonchev–Trinajstić information content (AvgIpc) is 2.15. The molecule has 0 aromatic rings. The predicted octanol–water partition coefficient (Wildman–Crippen LogP) is -0.508. The maximum atomic E-state index is 11.1. The third kappa shape index (κ3) is 6.48. The summed E-state index contributed by atoms with van der Waals surface area (Å²) in [5, 5.41) is 13.3. The molecular formula is C9H16N2O4. The highest BCUT2D eigenvalue weighted by molar-refractivity contribution is 5.86. The van der Waals surface area contributed by atoms with Gasteiger partial charge in [-0.25, -0.2) is 0 Å². The van der Waals surface area contributed by atoms with Gasteiger partial charge >= 0.3 is 5.97 Å². The topological polar surface area (TPSA) is 95.5 Å². The van der Waals surface area contributed by atoms with Crippen molar-refractivity contribution in [3.05, 3.63) is 0 Å². The molecule has 0 aliphatic heterocycles. The number of carbonyl (C=O) groups is 3. The lowest BCUT2D eigenvalue weighted by molar-refractivity contribution is -0.141. The van der Waals surface area contributed by atoms with Crippen molar-refractivity contribution in [1.29, 1.82) is 0 Å². The lowest BCUT2D eigenvalue weighted by atomic mass is 10.2. The summed E-state index contributed by atoms with van der Waals surface area (Å²) in [6.45, 7) is 3.67. The summed E-state index contributed by atoms with van der Waals surface area (Å²) < 4.78 is 0. The Labute approximate surface area is 88.0 Å². The molecule has 6 heteroatoms. The summed E-state index contributed by atoms with van der Waals surface area (Å²) >= 11 is 0. The van der Waals surface area contributed by atoms with Crippen LogP contribution < -0.4 is 10.6 Å². The van der Waals surface area contributed by atoms with Gasteiger partial charge in [-0.2, -0.15) is 0 Å². The van der Waals surface area contributed by atoms with Crippen LogP contribution in [0.15, 0.2) is 0 Å². The number of hydrogen-bond donors (Lipinski definition) is 3. The number of hydrogen-bond acceptors (Lipinski definition) is 3. The highest BCUT2D eigenvalue weighted by Crippen LogP contribution is 1.91. The number of carboxylic acids is 1. The largest absolute Gasteiger partial charge is 0.480 e. The van der Waals surface area contributed by atoms with Crippen LogP contribution in [0.3, 0.4) is 0 Å². The second-order valence-electron chi connectivity index (χ2n) is 3.08. The molecule has 15 heavy (non-hydrogen) atoms. The van der Waals surface area contributed by atoms with Crippen LogP contribution in [-0.4, -0.2) is 35.5 Å². The fourth-order valence-corrected chi connectivity index (χ4v) is 0.888. The van der Waals surface area contributed by atoms with Crippen LogP contribution in [0.5, 0.6) is 0 Å². The van der Waals surface area contributed by atoms with Crippen LogP contribution in [0.25, 0.3) is 0 Å². The molecule has 0 aliphatic rings. The van der Waals surface area contributed by atoms with Crippen LogP contribution in [0.1, 0.15) is 26.7 Å². The summed E-state index contributed by atoms with van der Waals surface area (Å²) in [4.78, 5) is 32.5. The first-order valence-electron chi connectivity index (χ1n) is 4.76. The maximum Gasteiger partial charge on any atom is 0.325 e. The minimum absolute atomic E-state index is 0.00343. The monoisotopic (exact) mass is 216 g/mol. The third-order valence-corrected chi connectivity index (χ3v) is 1.70. The Morgan fingerprint density at radius 3 is 2.20 bits per heavy atom.